The molecule has 1 unspecified atom stereocenters. The molecule has 2 aromatic rings. The van der Waals surface area contributed by atoms with Gasteiger partial charge in [0.1, 0.15) is 6.26 Å². The van der Waals surface area contributed by atoms with E-state index in [9.17, 15) is 14.4 Å². The fraction of sp³-hybridized carbons (Fsp3) is 0.278. The van der Waals surface area contributed by atoms with Crippen LogP contribution in [0.15, 0.2) is 34.9 Å². The highest BCUT2D eigenvalue weighted by molar-refractivity contribution is 6.03. The van der Waals surface area contributed by atoms with E-state index in [1.54, 1.807) is 0 Å². The number of carboxylic acid groups (broad SMARTS) is 1. The molecular weight excluding hydrogens is 324 g/mol. The number of amides is 2. The number of carboxylic acids is 1. The lowest BCUT2D eigenvalue weighted by Crippen LogP contribution is -2.26. The summed E-state index contributed by atoms with van der Waals surface area (Å²) in [5.41, 5.74) is 2.84. The Kier molecular flexibility index (Phi) is 4.56. The number of benzene rings is 1. The average molecular weight is 342 g/mol. The monoisotopic (exact) mass is 342 g/mol. The second-order valence-corrected chi connectivity index (χ2v) is 5.87. The van der Waals surface area contributed by atoms with E-state index in [0.29, 0.717) is 6.42 Å². The van der Waals surface area contributed by atoms with E-state index in [-0.39, 0.29) is 29.7 Å². The number of carbonyl (C=O) groups is 3. The highest BCUT2D eigenvalue weighted by atomic mass is 16.4. The van der Waals surface area contributed by atoms with E-state index in [1.165, 1.54) is 6.07 Å². The number of rotatable bonds is 6. The van der Waals surface area contributed by atoms with E-state index in [4.69, 9.17) is 9.52 Å². The highest BCUT2D eigenvalue weighted by Gasteiger charge is 2.30. The van der Waals surface area contributed by atoms with E-state index < -0.39 is 11.9 Å². The molecule has 2 heterocycles. The molecular formula is C18H18N2O5. The molecule has 25 heavy (non-hydrogen) atoms. The third-order valence-electron chi connectivity index (χ3n) is 4.26. The first-order valence-electron chi connectivity index (χ1n) is 8.03. The van der Waals surface area contributed by atoms with Crippen LogP contribution in [0.5, 0.6) is 0 Å². The van der Waals surface area contributed by atoms with Crippen LogP contribution in [0, 0.1) is 0 Å². The van der Waals surface area contributed by atoms with Gasteiger partial charge in [-0.1, -0.05) is 19.1 Å². The maximum atomic E-state index is 12.1. The van der Waals surface area contributed by atoms with E-state index in [1.807, 2.05) is 18.2 Å². The molecule has 1 aliphatic heterocycles. The number of aryl methyl sites for hydroxylation is 1. The molecule has 1 aromatic heterocycles. The van der Waals surface area contributed by atoms with Crippen LogP contribution >= 0.6 is 0 Å². The summed E-state index contributed by atoms with van der Waals surface area (Å²) in [6.45, 7) is 2.33. The standard InChI is InChI=1S/C18H18N2O5/c1-2-10-3-4-14-13(7-10)12(16(21)20-14)5-6-19-17(22)15-8-11(9-25-15)18(23)24/h3-4,7-9,12H,2,5-6H2,1H3,(H,19,22)(H,20,21)(H,23,24). The van der Waals surface area contributed by atoms with Gasteiger partial charge in [0.15, 0.2) is 5.76 Å². The summed E-state index contributed by atoms with van der Waals surface area (Å²) in [6, 6.07) is 7.08. The molecule has 7 nitrogen and oxygen atoms in total. The Morgan fingerprint density at radius 2 is 2.12 bits per heavy atom. The Balaban J connectivity index is 1.61. The lowest BCUT2D eigenvalue weighted by atomic mass is 9.95. The van der Waals surface area contributed by atoms with Crippen molar-refractivity contribution in [2.45, 2.75) is 25.7 Å². The summed E-state index contributed by atoms with van der Waals surface area (Å²) in [7, 11) is 0. The minimum absolute atomic E-state index is 0.0676. The van der Waals surface area contributed by atoms with Gasteiger partial charge in [0.05, 0.1) is 11.5 Å². The maximum Gasteiger partial charge on any atom is 0.338 e. The van der Waals surface area contributed by atoms with Crippen molar-refractivity contribution in [1.29, 1.82) is 0 Å². The van der Waals surface area contributed by atoms with Crippen LogP contribution in [0.2, 0.25) is 0 Å². The quantitative estimate of drug-likeness (QED) is 0.747. The smallest absolute Gasteiger partial charge is 0.338 e. The van der Waals surface area contributed by atoms with Crippen molar-refractivity contribution in [2.24, 2.45) is 0 Å². The number of nitrogens with one attached hydrogen (secondary N) is 2. The van der Waals surface area contributed by atoms with Gasteiger partial charge in [0.25, 0.3) is 5.91 Å². The van der Waals surface area contributed by atoms with E-state index in [0.717, 1.165) is 29.5 Å². The molecule has 1 aliphatic rings. The second-order valence-electron chi connectivity index (χ2n) is 5.87. The number of furan rings is 1. The largest absolute Gasteiger partial charge is 0.478 e. The second kappa shape index (κ2) is 6.80. The van der Waals surface area contributed by atoms with Crippen LogP contribution in [0.4, 0.5) is 5.69 Å². The molecule has 0 fully saturated rings. The van der Waals surface area contributed by atoms with Crippen molar-refractivity contribution < 1.29 is 23.9 Å². The van der Waals surface area contributed by atoms with Crippen LogP contribution in [0.1, 0.15) is 51.3 Å². The molecule has 0 aliphatic carbocycles. The number of fused-ring (bicyclic) bond motifs is 1. The summed E-state index contributed by atoms with van der Waals surface area (Å²) >= 11 is 0. The normalized spacial score (nSPS) is 15.6. The molecule has 3 N–H and O–H groups in total. The molecule has 3 rings (SSSR count). The molecule has 0 saturated heterocycles. The van der Waals surface area contributed by atoms with E-state index in [2.05, 4.69) is 17.6 Å². The number of hydrogen-bond acceptors (Lipinski definition) is 4. The fourth-order valence-corrected chi connectivity index (χ4v) is 2.87. The zero-order chi connectivity index (χ0) is 18.0. The Bertz CT molecular complexity index is 840. The SMILES string of the molecule is CCc1ccc2c(c1)C(CCNC(=O)c1cc(C(=O)O)co1)C(=O)N2. The Morgan fingerprint density at radius 3 is 2.80 bits per heavy atom. The topological polar surface area (TPSA) is 109 Å². The summed E-state index contributed by atoms with van der Waals surface area (Å²) in [5, 5.41) is 14.3. The first-order chi connectivity index (χ1) is 12.0. The Hall–Kier alpha value is -3.09. The molecule has 130 valence electrons. The first-order valence-corrected chi connectivity index (χ1v) is 8.03. The van der Waals surface area contributed by atoms with Crippen LogP contribution in [-0.2, 0) is 11.2 Å². The van der Waals surface area contributed by atoms with Gasteiger partial charge in [-0.3, -0.25) is 9.59 Å². The summed E-state index contributed by atoms with van der Waals surface area (Å²) < 4.78 is 4.95. The zero-order valence-corrected chi connectivity index (χ0v) is 13.7. The number of anilines is 1. The molecule has 2 amide bonds. The number of aromatic carboxylic acids is 1. The van der Waals surface area contributed by atoms with Gasteiger partial charge in [0.2, 0.25) is 5.91 Å². The fourth-order valence-electron chi connectivity index (χ4n) is 2.87. The minimum atomic E-state index is -1.16. The third-order valence-corrected chi connectivity index (χ3v) is 4.26. The summed E-state index contributed by atoms with van der Waals surface area (Å²) in [4.78, 5) is 34.9. The Labute approximate surface area is 144 Å². The van der Waals surface area contributed by atoms with Crippen LogP contribution in [0.25, 0.3) is 0 Å². The molecule has 0 bridgehead atoms. The highest BCUT2D eigenvalue weighted by Crippen LogP contribution is 2.35. The number of carbonyl (C=O) groups excluding carboxylic acids is 2. The van der Waals surface area contributed by atoms with Crippen molar-refractivity contribution in [1.82, 2.24) is 5.32 Å². The summed E-state index contributed by atoms with van der Waals surface area (Å²) in [6.07, 6.45) is 2.35. The average Bonchev–Trinajstić information content (AvgIpc) is 3.19. The van der Waals surface area contributed by atoms with Crippen LogP contribution in [-0.4, -0.2) is 29.4 Å². The van der Waals surface area contributed by atoms with Gasteiger partial charge in [-0.15, -0.1) is 0 Å². The van der Waals surface area contributed by atoms with E-state index >= 15 is 0 Å². The third kappa shape index (κ3) is 3.40. The zero-order valence-electron chi connectivity index (χ0n) is 13.7. The Morgan fingerprint density at radius 1 is 1.32 bits per heavy atom. The summed E-state index contributed by atoms with van der Waals surface area (Å²) in [5.74, 6) is -2.12. The molecule has 0 saturated carbocycles. The minimum Gasteiger partial charge on any atom is -0.478 e. The predicted octanol–water partition coefficient (Wildman–Crippen LogP) is 2.40. The van der Waals surface area contributed by atoms with Gasteiger partial charge in [-0.05, 0) is 30.0 Å². The lowest BCUT2D eigenvalue weighted by Gasteiger charge is -2.10. The van der Waals surface area contributed by atoms with Gasteiger partial charge in [-0.25, -0.2) is 4.79 Å². The molecule has 1 aromatic carbocycles. The van der Waals surface area contributed by atoms with Crippen molar-refractivity contribution >= 4 is 23.5 Å². The van der Waals surface area contributed by atoms with Crippen LogP contribution < -0.4 is 10.6 Å². The van der Waals surface area contributed by atoms with Gasteiger partial charge < -0.3 is 20.2 Å². The molecule has 0 radical (unpaired) electrons. The molecule has 0 spiro atoms. The van der Waals surface area contributed by atoms with Gasteiger partial charge >= 0.3 is 5.97 Å². The number of hydrogen-bond donors (Lipinski definition) is 3. The predicted molar refractivity (Wildman–Crippen MR) is 89.8 cm³/mol. The molecule has 1 atom stereocenters. The first kappa shape index (κ1) is 16.8. The van der Waals surface area contributed by atoms with Gasteiger partial charge in [-0.2, -0.15) is 0 Å². The maximum absolute atomic E-state index is 12.1. The van der Waals surface area contributed by atoms with Crippen molar-refractivity contribution in [3.63, 3.8) is 0 Å². The van der Waals surface area contributed by atoms with Crippen LogP contribution in [0.3, 0.4) is 0 Å². The van der Waals surface area contributed by atoms with Crippen molar-refractivity contribution in [2.75, 3.05) is 11.9 Å². The molecule has 7 heteroatoms. The van der Waals surface area contributed by atoms with Gasteiger partial charge in [0, 0.05) is 18.3 Å². The van der Waals surface area contributed by atoms with Crippen molar-refractivity contribution in [3.8, 4) is 0 Å². The lowest BCUT2D eigenvalue weighted by molar-refractivity contribution is -0.117. The van der Waals surface area contributed by atoms with Crippen molar-refractivity contribution in [3.05, 3.63) is 53.0 Å².